The summed E-state index contributed by atoms with van der Waals surface area (Å²) >= 11 is 3.74. The minimum absolute atomic E-state index is 0.0811. The summed E-state index contributed by atoms with van der Waals surface area (Å²) in [5.41, 5.74) is 9.47. The Morgan fingerprint density at radius 1 is 1.30 bits per heavy atom. The summed E-state index contributed by atoms with van der Waals surface area (Å²) < 4.78 is 3.30. The molecule has 0 aromatic carbocycles. The SMILES string of the molecule is CCc1nn(CC)c(CC2(N)CCCC(C)(C)C2)c1Br. The van der Waals surface area contributed by atoms with Crippen LogP contribution >= 0.6 is 15.9 Å². The molecule has 3 nitrogen and oxygen atoms in total. The lowest BCUT2D eigenvalue weighted by Crippen LogP contribution is -2.49. The van der Waals surface area contributed by atoms with E-state index in [1.165, 1.54) is 23.0 Å². The molecule has 1 heterocycles. The molecule has 1 saturated carbocycles. The van der Waals surface area contributed by atoms with E-state index in [2.05, 4.69) is 48.3 Å². The zero-order chi connectivity index (χ0) is 15.0. The van der Waals surface area contributed by atoms with Crippen LogP contribution in [0.3, 0.4) is 0 Å². The van der Waals surface area contributed by atoms with Crippen LogP contribution in [-0.2, 0) is 19.4 Å². The highest BCUT2D eigenvalue weighted by Gasteiger charge is 2.38. The molecule has 1 aromatic rings. The summed E-state index contributed by atoms with van der Waals surface area (Å²) in [4.78, 5) is 0. The molecule has 1 aliphatic carbocycles. The lowest BCUT2D eigenvalue weighted by atomic mass is 9.67. The van der Waals surface area contributed by atoms with E-state index in [0.717, 1.165) is 37.9 Å². The zero-order valence-electron chi connectivity index (χ0n) is 13.3. The Bertz CT molecular complexity index is 478. The second-order valence-electron chi connectivity index (χ2n) is 7.11. The molecule has 1 unspecified atom stereocenters. The number of rotatable bonds is 4. The van der Waals surface area contributed by atoms with Crippen molar-refractivity contribution < 1.29 is 0 Å². The van der Waals surface area contributed by atoms with Crippen molar-refractivity contribution >= 4 is 15.9 Å². The van der Waals surface area contributed by atoms with Crippen LogP contribution in [-0.4, -0.2) is 15.3 Å². The van der Waals surface area contributed by atoms with Crippen LogP contribution in [0, 0.1) is 5.41 Å². The first kappa shape index (κ1) is 16.0. The minimum Gasteiger partial charge on any atom is -0.325 e. The first-order chi connectivity index (χ1) is 9.30. The number of nitrogens with two attached hydrogens (primary N) is 1. The largest absolute Gasteiger partial charge is 0.325 e. The molecular weight excluding hydrogens is 314 g/mol. The highest BCUT2D eigenvalue weighted by Crippen LogP contribution is 2.42. The maximum atomic E-state index is 6.75. The van der Waals surface area contributed by atoms with Crippen LogP contribution in [0.15, 0.2) is 4.47 Å². The van der Waals surface area contributed by atoms with Crippen LogP contribution in [0.1, 0.15) is 64.8 Å². The maximum Gasteiger partial charge on any atom is 0.0766 e. The van der Waals surface area contributed by atoms with Gasteiger partial charge in [-0.3, -0.25) is 4.68 Å². The molecular formula is C16H28BrN3. The predicted octanol–water partition coefficient (Wildman–Crippen LogP) is 4.07. The van der Waals surface area contributed by atoms with E-state index >= 15 is 0 Å². The molecule has 0 aliphatic heterocycles. The second kappa shape index (κ2) is 5.80. The topological polar surface area (TPSA) is 43.8 Å². The first-order valence-corrected chi connectivity index (χ1v) is 8.62. The van der Waals surface area contributed by atoms with E-state index in [1.807, 2.05) is 0 Å². The van der Waals surface area contributed by atoms with Gasteiger partial charge < -0.3 is 5.73 Å². The van der Waals surface area contributed by atoms with Crippen molar-refractivity contribution in [1.82, 2.24) is 9.78 Å². The summed E-state index contributed by atoms with van der Waals surface area (Å²) in [5, 5.41) is 4.69. The molecule has 0 bridgehead atoms. The van der Waals surface area contributed by atoms with Crippen molar-refractivity contribution in [2.45, 2.75) is 78.3 Å². The standard InChI is InChI=1S/C16H28BrN3/c1-5-12-14(17)13(20(6-2)19-12)10-16(18)9-7-8-15(3,4)11-16/h5-11,18H2,1-4H3. The highest BCUT2D eigenvalue weighted by atomic mass is 79.9. The minimum atomic E-state index is -0.0811. The van der Waals surface area contributed by atoms with E-state index < -0.39 is 0 Å². The van der Waals surface area contributed by atoms with Crippen molar-refractivity contribution in [1.29, 1.82) is 0 Å². The lowest BCUT2D eigenvalue weighted by molar-refractivity contribution is 0.149. The average Bonchev–Trinajstić information content (AvgIpc) is 2.64. The highest BCUT2D eigenvalue weighted by molar-refractivity contribution is 9.10. The van der Waals surface area contributed by atoms with Gasteiger partial charge in [0.2, 0.25) is 0 Å². The number of hydrogen-bond donors (Lipinski definition) is 1. The zero-order valence-corrected chi connectivity index (χ0v) is 14.9. The summed E-state index contributed by atoms with van der Waals surface area (Å²) in [6.45, 7) is 9.90. The Hall–Kier alpha value is -0.350. The quantitative estimate of drug-likeness (QED) is 0.896. The smallest absolute Gasteiger partial charge is 0.0766 e. The van der Waals surface area contributed by atoms with E-state index in [4.69, 9.17) is 10.8 Å². The Morgan fingerprint density at radius 2 is 2.00 bits per heavy atom. The molecule has 0 amide bonds. The van der Waals surface area contributed by atoms with E-state index in [-0.39, 0.29) is 5.54 Å². The number of hydrogen-bond acceptors (Lipinski definition) is 2. The molecule has 1 atom stereocenters. The Kier molecular flexibility index (Phi) is 4.65. The van der Waals surface area contributed by atoms with E-state index in [0.29, 0.717) is 5.41 Å². The summed E-state index contributed by atoms with van der Waals surface area (Å²) in [6, 6.07) is 0. The van der Waals surface area contributed by atoms with Crippen molar-refractivity contribution in [3.8, 4) is 0 Å². The molecule has 1 aliphatic rings. The Labute approximate surface area is 131 Å². The van der Waals surface area contributed by atoms with Gasteiger partial charge in [0, 0.05) is 18.5 Å². The van der Waals surface area contributed by atoms with Gasteiger partial charge in [0.25, 0.3) is 0 Å². The van der Waals surface area contributed by atoms with Crippen LogP contribution in [0.2, 0.25) is 0 Å². The van der Waals surface area contributed by atoms with Gasteiger partial charge in [0.1, 0.15) is 0 Å². The van der Waals surface area contributed by atoms with Gasteiger partial charge in [-0.05, 0) is 54.0 Å². The van der Waals surface area contributed by atoms with E-state index in [1.54, 1.807) is 0 Å². The van der Waals surface area contributed by atoms with Gasteiger partial charge in [-0.25, -0.2) is 0 Å². The van der Waals surface area contributed by atoms with Gasteiger partial charge in [-0.1, -0.05) is 27.2 Å². The van der Waals surface area contributed by atoms with Gasteiger partial charge in [0.05, 0.1) is 15.9 Å². The Balaban J connectivity index is 2.27. The van der Waals surface area contributed by atoms with E-state index in [9.17, 15) is 0 Å². The number of nitrogens with zero attached hydrogens (tertiary/aromatic N) is 2. The average molecular weight is 342 g/mol. The van der Waals surface area contributed by atoms with Crippen molar-refractivity contribution in [2.24, 2.45) is 11.1 Å². The third kappa shape index (κ3) is 3.28. The maximum absolute atomic E-state index is 6.75. The monoisotopic (exact) mass is 341 g/mol. The number of aryl methyl sites for hydroxylation is 2. The van der Waals surface area contributed by atoms with Crippen molar-refractivity contribution in [3.05, 3.63) is 15.9 Å². The summed E-state index contributed by atoms with van der Waals surface area (Å²) in [7, 11) is 0. The van der Waals surface area contributed by atoms with Gasteiger partial charge >= 0.3 is 0 Å². The van der Waals surface area contributed by atoms with Crippen LogP contribution < -0.4 is 5.73 Å². The number of aromatic nitrogens is 2. The fourth-order valence-electron chi connectivity index (χ4n) is 3.72. The molecule has 4 heteroatoms. The summed E-state index contributed by atoms with van der Waals surface area (Å²) in [6.07, 6.45) is 6.64. The second-order valence-corrected chi connectivity index (χ2v) is 7.90. The fourth-order valence-corrected chi connectivity index (χ4v) is 4.42. The van der Waals surface area contributed by atoms with Gasteiger partial charge in [0.15, 0.2) is 0 Å². The molecule has 1 fully saturated rings. The van der Waals surface area contributed by atoms with Crippen LogP contribution in [0.4, 0.5) is 0 Å². The predicted molar refractivity (Wildman–Crippen MR) is 87.9 cm³/mol. The third-order valence-corrected chi connectivity index (χ3v) is 5.49. The molecule has 2 N–H and O–H groups in total. The molecule has 2 rings (SSSR count). The molecule has 114 valence electrons. The van der Waals surface area contributed by atoms with Gasteiger partial charge in [-0.2, -0.15) is 5.10 Å². The first-order valence-electron chi connectivity index (χ1n) is 7.83. The molecule has 0 spiro atoms. The lowest BCUT2D eigenvalue weighted by Gasteiger charge is -2.42. The number of halogens is 1. The van der Waals surface area contributed by atoms with Crippen molar-refractivity contribution in [3.63, 3.8) is 0 Å². The molecule has 0 saturated heterocycles. The van der Waals surface area contributed by atoms with Crippen LogP contribution in [0.5, 0.6) is 0 Å². The molecule has 1 aromatic heterocycles. The fraction of sp³-hybridized carbons (Fsp3) is 0.812. The van der Waals surface area contributed by atoms with Crippen LogP contribution in [0.25, 0.3) is 0 Å². The third-order valence-electron chi connectivity index (χ3n) is 4.57. The Morgan fingerprint density at radius 3 is 2.55 bits per heavy atom. The summed E-state index contributed by atoms with van der Waals surface area (Å²) in [5.74, 6) is 0. The molecule has 0 radical (unpaired) electrons. The van der Waals surface area contributed by atoms with Gasteiger partial charge in [-0.15, -0.1) is 0 Å². The normalized spacial score (nSPS) is 25.9. The molecule has 20 heavy (non-hydrogen) atoms. The van der Waals surface area contributed by atoms with Crippen molar-refractivity contribution in [2.75, 3.05) is 0 Å².